The van der Waals surface area contributed by atoms with Crippen LogP contribution >= 0.6 is 22.9 Å². The van der Waals surface area contributed by atoms with E-state index in [4.69, 9.17) is 0 Å². The van der Waals surface area contributed by atoms with Crippen LogP contribution in [0.15, 0.2) is 11.6 Å². The first kappa shape index (κ1) is 14.4. The largest absolute Gasteiger partial charge is 0.347 e. The fraction of sp³-hybridized carbons (Fsp3) is 0.538. The number of thiazole rings is 1. The molecule has 0 aliphatic carbocycles. The van der Waals surface area contributed by atoms with Crippen molar-refractivity contribution in [1.29, 1.82) is 0 Å². The van der Waals surface area contributed by atoms with E-state index in [1.165, 1.54) is 11.5 Å². The third kappa shape index (κ3) is 3.21. The number of rotatable bonds is 5. The summed E-state index contributed by atoms with van der Waals surface area (Å²) >= 11 is 2.81. The van der Waals surface area contributed by atoms with Gasteiger partial charge in [0.25, 0.3) is 5.91 Å². The molecule has 2 aromatic heterocycles. The maximum atomic E-state index is 12.3. The molecule has 1 fully saturated rings. The molecule has 1 amide bonds. The van der Waals surface area contributed by atoms with Gasteiger partial charge >= 0.3 is 0 Å². The topological polar surface area (TPSA) is 71.0 Å². The van der Waals surface area contributed by atoms with Crippen LogP contribution in [0.4, 0.5) is 5.13 Å². The van der Waals surface area contributed by atoms with E-state index in [1.54, 1.807) is 11.3 Å². The molecule has 1 saturated heterocycles. The summed E-state index contributed by atoms with van der Waals surface area (Å²) < 4.78 is 3.90. The van der Waals surface area contributed by atoms with E-state index in [-0.39, 0.29) is 11.9 Å². The molecule has 1 unspecified atom stereocenters. The quantitative estimate of drug-likeness (QED) is 0.911. The van der Waals surface area contributed by atoms with Crippen LogP contribution < -0.4 is 10.2 Å². The lowest BCUT2D eigenvalue weighted by molar-refractivity contribution is 0.0943. The van der Waals surface area contributed by atoms with Crippen molar-refractivity contribution in [3.63, 3.8) is 0 Å². The second-order valence-corrected chi connectivity index (χ2v) is 6.65. The molecule has 0 saturated carbocycles. The first-order chi connectivity index (χ1) is 10.3. The Bertz CT molecular complexity index is 597. The van der Waals surface area contributed by atoms with Gasteiger partial charge in [0.05, 0.1) is 5.69 Å². The van der Waals surface area contributed by atoms with E-state index in [1.807, 2.05) is 11.6 Å². The third-order valence-corrected chi connectivity index (χ3v) is 5.06. The van der Waals surface area contributed by atoms with Gasteiger partial charge < -0.3 is 10.2 Å². The maximum Gasteiger partial charge on any atom is 0.265 e. The summed E-state index contributed by atoms with van der Waals surface area (Å²) in [6.07, 6.45) is 4.52. The van der Waals surface area contributed by atoms with E-state index in [0.717, 1.165) is 43.2 Å². The molecular formula is C13H17N5OS2. The van der Waals surface area contributed by atoms with Crippen molar-refractivity contribution in [3.8, 4) is 0 Å². The number of nitrogens with one attached hydrogen (secondary N) is 1. The predicted molar refractivity (Wildman–Crippen MR) is 84.1 cm³/mol. The summed E-state index contributed by atoms with van der Waals surface area (Å²) in [4.78, 5) is 19.5. The van der Waals surface area contributed by atoms with E-state index < -0.39 is 0 Å². The molecule has 3 heterocycles. The second kappa shape index (κ2) is 6.48. The number of aromatic nitrogens is 3. The van der Waals surface area contributed by atoms with Crippen molar-refractivity contribution in [2.45, 2.75) is 32.2 Å². The number of carbonyl (C=O) groups is 1. The molecule has 1 atom stereocenters. The third-order valence-electron chi connectivity index (χ3n) is 3.46. The highest BCUT2D eigenvalue weighted by molar-refractivity contribution is 7.13. The van der Waals surface area contributed by atoms with Crippen LogP contribution in [-0.4, -0.2) is 39.6 Å². The monoisotopic (exact) mass is 323 g/mol. The Morgan fingerprint density at radius 2 is 2.48 bits per heavy atom. The summed E-state index contributed by atoms with van der Waals surface area (Å²) in [6.45, 7) is 3.82. The van der Waals surface area contributed by atoms with Gasteiger partial charge in [-0.15, -0.1) is 16.4 Å². The van der Waals surface area contributed by atoms with E-state index in [2.05, 4.69) is 31.7 Å². The molecule has 8 heteroatoms. The summed E-state index contributed by atoms with van der Waals surface area (Å²) in [5.41, 5.74) is 0.815. The zero-order chi connectivity index (χ0) is 14.7. The van der Waals surface area contributed by atoms with Crippen molar-refractivity contribution >= 4 is 33.9 Å². The Hall–Kier alpha value is -1.54. The molecule has 1 aliphatic rings. The summed E-state index contributed by atoms with van der Waals surface area (Å²) in [7, 11) is 0. The van der Waals surface area contributed by atoms with Crippen molar-refractivity contribution < 1.29 is 4.79 Å². The fourth-order valence-corrected chi connectivity index (χ4v) is 3.75. The number of anilines is 1. The Morgan fingerprint density at radius 1 is 1.57 bits per heavy atom. The van der Waals surface area contributed by atoms with Gasteiger partial charge in [-0.2, -0.15) is 0 Å². The van der Waals surface area contributed by atoms with Gasteiger partial charge in [-0.05, 0) is 24.4 Å². The van der Waals surface area contributed by atoms with Crippen LogP contribution in [-0.2, 0) is 6.42 Å². The number of nitrogens with zero attached hydrogens (tertiary/aromatic N) is 4. The number of hydrogen-bond donors (Lipinski definition) is 1. The lowest BCUT2D eigenvalue weighted by Crippen LogP contribution is -2.37. The minimum atomic E-state index is -0.0422. The van der Waals surface area contributed by atoms with Gasteiger partial charge in [0.2, 0.25) is 0 Å². The van der Waals surface area contributed by atoms with E-state index >= 15 is 0 Å². The van der Waals surface area contributed by atoms with Crippen LogP contribution in [0, 0.1) is 0 Å². The average Bonchev–Trinajstić information content (AvgIpc) is 3.20. The molecule has 3 rings (SSSR count). The average molecular weight is 323 g/mol. The molecule has 21 heavy (non-hydrogen) atoms. The fourth-order valence-electron chi connectivity index (χ4n) is 2.46. The number of hydrogen-bond acceptors (Lipinski definition) is 7. The van der Waals surface area contributed by atoms with Crippen molar-refractivity contribution in [2.75, 3.05) is 18.0 Å². The number of amides is 1. The van der Waals surface area contributed by atoms with Crippen LogP contribution in [0.1, 0.15) is 35.1 Å². The Labute approximate surface area is 131 Å². The van der Waals surface area contributed by atoms with Gasteiger partial charge in [-0.25, -0.2) is 4.98 Å². The first-order valence-electron chi connectivity index (χ1n) is 7.04. The van der Waals surface area contributed by atoms with Crippen LogP contribution in [0.25, 0.3) is 0 Å². The maximum absolute atomic E-state index is 12.3. The van der Waals surface area contributed by atoms with Crippen LogP contribution in [0.3, 0.4) is 0 Å². The van der Waals surface area contributed by atoms with Gasteiger partial charge in [0.1, 0.15) is 4.88 Å². The highest BCUT2D eigenvalue weighted by atomic mass is 32.1. The second-order valence-electron chi connectivity index (χ2n) is 5.02. The molecule has 0 radical (unpaired) electrons. The number of carbonyl (C=O) groups excluding carboxylic acids is 1. The highest BCUT2D eigenvalue weighted by Crippen LogP contribution is 2.22. The minimum absolute atomic E-state index is 0.0422. The van der Waals surface area contributed by atoms with Gasteiger partial charge in [-0.3, -0.25) is 4.79 Å². The van der Waals surface area contributed by atoms with Gasteiger partial charge in [-0.1, -0.05) is 17.8 Å². The molecule has 1 N–H and O–H groups in total. The summed E-state index contributed by atoms with van der Waals surface area (Å²) in [5, 5.41) is 10.1. The highest BCUT2D eigenvalue weighted by Gasteiger charge is 2.27. The Morgan fingerprint density at radius 3 is 3.24 bits per heavy atom. The molecule has 112 valence electrons. The zero-order valence-electron chi connectivity index (χ0n) is 11.8. The molecule has 1 aliphatic heterocycles. The van der Waals surface area contributed by atoms with Crippen LogP contribution in [0.2, 0.25) is 0 Å². The standard InChI is InChI=1S/C13H17N5OS2/c1-2-3-10-11(21-17-16-10)12(19)15-9-4-6-18(8-9)13-14-5-7-20-13/h5,7,9H,2-4,6,8H2,1H3,(H,15,19). The van der Waals surface area contributed by atoms with Crippen LogP contribution in [0.5, 0.6) is 0 Å². The van der Waals surface area contributed by atoms with Crippen molar-refractivity contribution in [2.24, 2.45) is 0 Å². The number of aryl methyl sites for hydroxylation is 1. The summed E-state index contributed by atoms with van der Waals surface area (Å²) in [6, 6.07) is 0.165. The molecule has 0 bridgehead atoms. The van der Waals surface area contributed by atoms with E-state index in [0.29, 0.717) is 4.88 Å². The van der Waals surface area contributed by atoms with Crippen molar-refractivity contribution in [1.82, 2.24) is 19.9 Å². The smallest absolute Gasteiger partial charge is 0.265 e. The lowest BCUT2D eigenvalue weighted by atomic mass is 10.2. The lowest BCUT2D eigenvalue weighted by Gasteiger charge is -2.15. The molecule has 0 aromatic carbocycles. The van der Waals surface area contributed by atoms with Crippen molar-refractivity contribution in [3.05, 3.63) is 22.1 Å². The Kier molecular flexibility index (Phi) is 4.45. The summed E-state index contributed by atoms with van der Waals surface area (Å²) in [5.74, 6) is -0.0422. The Balaban J connectivity index is 1.60. The predicted octanol–water partition coefficient (Wildman–Crippen LogP) is 1.96. The molecule has 2 aromatic rings. The zero-order valence-corrected chi connectivity index (χ0v) is 13.4. The minimum Gasteiger partial charge on any atom is -0.347 e. The van der Waals surface area contributed by atoms with Gasteiger partial charge in [0.15, 0.2) is 5.13 Å². The first-order valence-corrected chi connectivity index (χ1v) is 8.69. The molecular weight excluding hydrogens is 306 g/mol. The van der Waals surface area contributed by atoms with Gasteiger partial charge in [0, 0.05) is 30.7 Å². The molecule has 0 spiro atoms. The molecule has 6 nitrogen and oxygen atoms in total. The normalized spacial score (nSPS) is 18.1. The SMILES string of the molecule is CCCc1nnsc1C(=O)NC1CCN(c2nccs2)C1. The van der Waals surface area contributed by atoms with E-state index in [9.17, 15) is 4.79 Å².